The highest BCUT2D eigenvalue weighted by atomic mass is 19.1. The largest absolute Gasteiger partial charge is 0.313 e. The molecule has 0 N–H and O–H groups in total. The van der Waals surface area contributed by atoms with E-state index >= 15 is 0 Å². The van der Waals surface area contributed by atoms with Crippen LogP contribution in [0.25, 0.3) is 0 Å². The standard InChI is InChI=1S/C8H16FN3/c1-4-5-11-6-10-12(7(2)3)8(11)9/h6-8H,4-5H2,1-3H3. The molecule has 0 aliphatic carbocycles. The monoisotopic (exact) mass is 173 g/mol. The van der Waals surface area contributed by atoms with Gasteiger partial charge < -0.3 is 4.90 Å². The molecule has 0 aromatic heterocycles. The molecule has 1 aliphatic heterocycles. The van der Waals surface area contributed by atoms with Gasteiger partial charge in [-0.1, -0.05) is 6.92 Å². The van der Waals surface area contributed by atoms with Gasteiger partial charge in [0.1, 0.15) is 6.34 Å². The van der Waals surface area contributed by atoms with Crippen LogP contribution in [0.1, 0.15) is 27.2 Å². The zero-order valence-electron chi connectivity index (χ0n) is 7.87. The van der Waals surface area contributed by atoms with Crippen molar-refractivity contribution in [1.82, 2.24) is 9.91 Å². The van der Waals surface area contributed by atoms with E-state index in [2.05, 4.69) is 5.10 Å². The number of rotatable bonds is 3. The van der Waals surface area contributed by atoms with Crippen LogP contribution in [0.2, 0.25) is 0 Å². The van der Waals surface area contributed by atoms with Crippen LogP contribution in [-0.4, -0.2) is 35.3 Å². The first-order chi connectivity index (χ1) is 5.66. The fourth-order valence-electron chi connectivity index (χ4n) is 1.19. The Morgan fingerprint density at radius 3 is 2.67 bits per heavy atom. The van der Waals surface area contributed by atoms with E-state index in [0.717, 1.165) is 13.0 Å². The molecule has 0 aromatic rings. The van der Waals surface area contributed by atoms with Crippen molar-refractivity contribution in [3.8, 4) is 0 Å². The number of hydrogen-bond acceptors (Lipinski definition) is 3. The molecule has 70 valence electrons. The second kappa shape index (κ2) is 3.74. The highest BCUT2D eigenvalue weighted by Gasteiger charge is 2.28. The summed E-state index contributed by atoms with van der Waals surface area (Å²) >= 11 is 0. The molecule has 4 heteroatoms. The molecule has 1 aliphatic rings. The van der Waals surface area contributed by atoms with Crippen LogP contribution in [0.15, 0.2) is 5.10 Å². The zero-order chi connectivity index (χ0) is 9.14. The van der Waals surface area contributed by atoms with Gasteiger partial charge in [-0.05, 0) is 20.3 Å². The van der Waals surface area contributed by atoms with E-state index in [4.69, 9.17) is 0 Å². The Kier molecular flexibility index (Phi) is 2.89. The molecule has 1 rings (SSSR count). The Morgan fingerprint density at radius 1 is 1.58 bits per heavy atom. The van der Waals surface area contributed by atoms with Gasteiger partial charge in [-0.25, -0.2) is 5.01 Å². The third-order valence-electron chi connectivity index (χ3n) is 1.84. The molecular formula is C8H16FN3. The molecule has 0 bridgehead atoms. The minimum atomic E-state index is -1.06. The van der Waals surface area contributed by atoms with E-state index in [0.29, 0.717) is 0 Å². The van der Waals surface area contributed by atoms with E-state index in [1.807, 2.05) is 20.8 Å². The molecule has 0 saturated heterocycles. The van der Waals surface area contributed by atoms with Crippen molar-refractivity contribution in [3.63, 3.8) is 0 Å². The second-order valence-corrected chi connectivity index (χ2v) is 3.25. The number of alkyl halides is 1. The molecule has 0 spiro atoms. The summed E-state index contributed by atoms with van der Waals surface area (Å²) in [5, 5.41) is 5.44. The maximum Gasteiger partial charge on any atom is 0.265 e. The fraction of sp³-hybridized carbons (Fsp3) is 0.875. The number of halogens is 1. The predicted molar refractivity (Wildman–Crippen MR) is 47.4 cm³/mol. The number of nitrogens with zero attached hydrogens (tertiary/aromatic N) is 3. The number of hydrogen-bond donors (Lipinski definition) is 0. The lowest BCUT2D eigenvalue weighted by Gasteiger charge is -2.26. The Balaban J connectivity index is 2.50. The normalized spacial score (nSPS) is 22.9. The molecule has 0 radical (unpaired) electrons. The van der Waals surface area contributed by atoms with Gasteiger partial charge in [0, 0.05) is 12.6 Å². The van der Waals surface area contributed by atoms with Gasteiger partial charge in [-0.3, -0.25) is 0 Å². The Hall–Kier alpha value is -0.800. The summed E-state index contributed by atoms with van der Waals surface area (Å²) in [4.78, 5) is 1.61. The smallest absolute Gasteiger partial charge is 0.265 e. The second-order valence-electron chi connectivity index (χ2n) is 3.25. The van der Waals surface area contributed by atoms with Gasteiger partial charge in [-0.15, -0.1) is 0 Å². The van der Waals surface area contributed by atoms with Gasteiger partial charge in [0.2, 0.25) is 0 Å². The average molecular weight is 173 g/mol. The lowest BCUT2D eigenvalue weighted by Crippen LogP contribution is -2.39. The van der Waals surface area contributed by atoms with Crippen molar-refractivity contribution in [2.75, 3.05) is 6.54 Å². The van der Waals surface area contributed by atoms with E-state index in [1.54, 1.807) is 11.2 Å². The third kappa shape index (κ3) is 1.68. The fourth-order valence-corrected chi connectivity index (χ4v) is 1.19. The minimum Gasteiger partial charge on any atom is -0.313 e. The molecule has 1 unspecified atom stereocenters. The summed E-state index contributed by atoms with van der Waals surface area (Å²) in [7, 11) is 0. The van der Waals surface area contributed by atoms with Crippen LogP contribution < -0.4 is 0 Å². The predicted octanol–water partition coefficient (Wildman–Crippen LogP) is 1.62. The summed E-state index contributed by atoms with van der Waals surface area (Å²) in [5.74, 6) is 0. The molecule has 1 atom stereocenters. The first kappa shape index (κ1) is 9.29. The summed E-state index contributed by atoms with van der Waals surface area (Å²) in [5.41, 5.74) is 0. The van der Waals surface area contributed by atoms with E-state index in [9.17, 15) is 4.39 Å². The van der Waals surface area contributed by atoms with Crippen molar-refractivity contribution < 1.29 is 4.39 Å². The molecule has 0 fully saturated rings. The third-order valence-corrected chi connectivity index (χ3v) is 1.84. The molecular weight excluding hydrogens is 157 g/mol. The SMILES string of the molecule is CCCN1C=NN(C(C)C)C1F. The van der Waals surface area contributed by atoms with Crippen molar-refractivity contribution >= 4 is 6.34 Å². The quantitative estimate of drug-likeness (QED) is 0.604. The summed E-state index contributed by atoms with van der Waals surface area (Å²) in [6.07, 6.45) is 1.46. The first-order valence-electron chi connectivity index (χ1n) is 4.39. The van der Waals surface area contributed by atoms with Gasteiger partial charge in [0.25, 0.3) is 6.42 Å². The maximum atomic E-state index is 13.4. The first-order valence-corrected chi connectivity index (χ1v) is 4.39. The lowest BCUT2D eigenvalue weighted by molar-refractivity contribution is -0.00443. The summed E-state index contributed by atoms with van der Waals surface area (Å²) in [6.45, 7) is 6.62. The van der Waals surface area contributed by atoms with Crippen LogP contribution in [0.4, 0.5) is 4.39 Å². The Bertz CT molecular complexity index is 170. The Labute approximate surface area is 72.8 Å². The molecule has 0 aromatic carbocycles. The summed E-state index contributed by atoms with van der Waals surface area (Å²) in [6, 6.07) is 0.123. The molecule has 1 heterocycles. The zero-order valence-corrected chi connectivity index (χ0v) is 7.87. The average Bonchev–Trinajstić information content (AvgIpc) is 2.34. The van der Waals surface area contributed by atoms with Gasteiger partial charge in [0.05, 0.1) is 0 Å². The molecule has 12 heavy (non-hydrogen) atoms. The Morgan fingerprint density at radius 2 is 2.25 bits per heavy atom. The summed E-state index contributed by atoms with van der Waals surface area (Å²) < 4.78 is 13.4. The van der Waals surface area contributed by atoms with Crippen LogP contribution in [0.3, 0.4) is 0 Å². The lowest BCUT2D eigenvalue weighted by atomic mass is 10.4. The minimum absolute atomic E-state index is 0.123. The molecule has 0 amide bonds. The van der Waals surface area contributed by atoms with Crippen molar-refractivity contribution in [3.05, 3.63) is 0 Å². The van der Waals surface area contributed by atoms with Gasteiger partial charge in [0.15, 0.2) is 0 Å². The molecule has 3 nitrogen and oxygen atoms in total. The van der Waals surface area contributed by atoms with E-state index < -0.39 is 6.42 Å². The maximum absolute atomic E-state index is 13.4. The number of hydrazone groups is 1. The van der Waals surface area contributed by atoms with E-state index in [1.165, 1.54) is 5.01 Å². The van der Waals surface area contributed by atoms with Crippen molar-refractivity contribution in [1.29, 1.82) is 0 Å². The van der Waals surface area contributed by atoms with E-state index in [-0.39, 0.29) is 6.04 Å². The van der Waals surface area contributed by atoms with Gasteiger partial charge in [-0.2, -0.15) is 9.49 Å². The van der Waals surface area contributed by atoms with Crippen LogP contribution >= 0.6 is 0 Å². The highest BCUT2D eigenvalue weighted by Crippen LogP contribution is 2.16. The van der Waals surface area contributed by atoms with Crippen LogP contribution in [0.5, 0.6) is 0 Å². The van der Waals surface area contributed by atoms with Crippen molar-refractivity contribution in [2.45, 2.75) is 39.7 Å². The topological polar surface area (TPSA) is 18.8 Å². The molecule has 0 saturated carbocycles. The highest BCUT2D eigenvalue weighted by molar-refractivity contribution is 5.56. The van der Waals surface area contributed by atoms with Crippen LogP contribution in [0, 0.1) is 0 Å². The van der Waals surface area contributed by atoms with Gasteiger partial charge >= 0.3 is 0 Å². The van der Waals surface area contributed by atoms with Crippen molar-refractivity contribution in [2.24, 2.45) is 5.10 Å². The van der Waals surface area contributed by atoms with Crippen LogP contribution in [-0.2, 0) is 0 Å².